The quantitative estimate of drug-likeness (QED) is 0.769. The smallest absolute Gasteiger partial charge is 0.138 e. The van der Waals surface area contributed by atoms with Crippen molar-refractivity contribution in [3.63, 3.8) is 0 Å². The Balaban J connectivity index is 2.18. The van der Waals surface area contributed by atoms with Crippen molar-refractivity contribution in [2.75, 3.05) is 14.2 Å². The van der Waals surface area contributed by atoms with E-state index < -0.39 is 0 Å². The molecule has 1 heterocycles. The van der Waals surface area contributed by atoms with Gasteiger partial charge in [-0.25, -0.2) is 4.98 Å². The van der Waals surface area contributed by atoms with E-state index in [1.54, 1.807) is 32.4 Å². The summed E-state index contributed by atoms with van der Waals surface area (Å²) in [6.07, 6.45) is 0. The Morgan fingerprint density at radius 1 is 0.952 bits per heavy atom. The highest BCUT2D eigenvalue weighted by atomic mass is 35.5. The zero-order valence-corrected chi connectivity index (χ0v) is 12.9. The number of imidazole rings is 1. The van der Waals surface area contributed by atoms with Crippen LogP contribution in [0.1, 0.15) is 0 Å². The average molecular weight is 323 g/mol. The molecule has 1 N–H and O–H groups in total. The predicted octanol–water partition coefficient (Wildman–Crippen LogP) is 4.55. The molecule has 4 nitrogen and oxygen atoms in total. The first-order valence-electron chi connectivity index (χ1n) is 6.19. The standard InChI is InChI=1S/C15H12Cl2N2O2/c1-20-10-3-8(4-11(7-10)21-2)15-18-13-6-9(16)5-12(17)14(13)19-15/h3-7H,1-2H3,(H,18,19). The molecule has 108 valence electrons. The van der Waals surface area contributed by atoms with Crippen molar-refractivity contribution in [3.8, 4) is 22.9 Å². The van der Waals surface area contributed by atoms with E-state index in [-0.39, 0.29) is 0 Å². The highest BCUT2D eigenvalue weighted by Crippen LogP contribution is 2.32. The molecule has 0 saturated heterocycles. The molecule has 0 radical (unpaired) electrons. The fourth-order valence-electron chi connectivity index (χ4n) is 2.12. The van der Waals surface area contributed by atoms with Crippen molar-refractivity contribution in [3.05, 3.63) is 40.4 Å². The summed E-state index contributed by atoms with van der Waals surface area (Å²) in [6, 6.07) is 9.00. The second kappa shape index (κ2) is 5.47. The van der Waals surface area contributed by atoms with E-state index in [1.807, 2.05) is 12.1 Å². The van der Waals surface area contributed by atoms with Crippen molar-refractivity contribution in [2.45, 2.75) is 0 Å². The Labute approximate surface area is 131 Å². The highest BCUT2D eigenvalue weighted by Gasteiger charge is 2.11. The molecule has 6 heteroatoms. The fraction of sp³-hybridized carbons (Fsp3) is 0.133. The number of methoxy groups -OCH3 is 2. The summed E-state index contributed by atoms with van der Waals surface area (Å²) >= 11 is 12.2. The van der Waals surface area contributed by atoms with Crippen molar-refractivity contribution in [2.24, 2.45) is 0 Å². The number of aromatic nitrogens is 2. The zero-order valence-electron chi connectivity index (χ0n) is 11.4. The number of benzene rings is 2. The number of hydrogen-bond acceptors (Lipinski definition) is 3. The first kappa shape index (κ1) is 14.0. The van der Waals surface area contributed by atoms with E-state index >= 15 is 0 Å². The van der Waals surface area contributed by atoms with Gasteiger partial charge in [-0.15, -0.1) is 0 Å². The van der Waals surface area contributed by atoms with E-state index in [2.05, 4.69) is 9.97 Å². The average Bonchev–Trinajstić information content (AvgIpc) is 2.91. The Morgan fingerprint density at radius 2 is 1.62 bits per heavy atom. The molecular formula is C15H12Cl2N2O2. The molecule has 21 heavy (non-hydrogen) atoms. The molecule has 3 aromatic rings. The number of H-pyrrole nitrogens is 1. The third-order valence-corrected chi connectivity index (χ3v) is 3.64. The minimum Gasteiger partial charge on any atom is -0.497 e. The Hall–Kier alpha value is -1.91. The molecule has 0 amide bonds. The Morgan fingerprint density at radius 3 is 2.24 bits per heavy atom. The first-order chi connectivity index (χ1) is 10.1. The number of halogens is 2. The van der Waals surface area contributed by atoms with Crippen molar-refractivity contribution < 1.29 is 9.47 Å². The van der Waals surface area contributed by atoms with Gasteiger partial charge >= 0.3 is 0 Å². The van der Waals surface area contributed by atoms with Gasteiger partial charge in [0.05, 0.1) is 24.8 Å². The zero-order chi connectivity index (χ0) is 15.0. The van der Waals surface area contributed by atoms with Crippen LogP contribution < -0.4 is 9.47 Å². The minimum absolute atomic E-state index is 0.509. The van der Waals surface area contributed by atoms with Gasteiger partial charge in [0.15, 0.2) is 0 Å². The molecule has 1 aromatic heterocycles. The Bertz CT molecular complexity index is 793. The molecular weight excluding hydrogens is 311 g/mol. The summed E-state index contributed by atoms with van der Waals surface area (Å²) in [5.41, 5.74) is 2.30. The molecule has 2 aromatic carbocycles. The van der Waals surface area contributed by atoms with Crippen LogP contribution >= 0.6 is 23.2 Å². The van der Waals surface area contributed by atoms with Crippen LogP contribution in [0, 0.1) is 0 Å². The van der Waals surface area contributed by atoms with Crippen LogP contribution in [0.2, 0.25) is 10.0 Å². The lowest BCUT2D eigenvalue weighted by Gasteiger charge is -2.06. The maximum absolute atomic E-state index is 6.16. The summed E-state index contributed by atoms with van der Waals surface area (Å²) in [6.45, 7) is 0. The maximum atomic E-state index is 6.16. The van der Waals surface area contributed by atoms with Crippen molar-refractivity contribution >= 4 is 34.2 Å². The van der Waals surface area contributed by atoms with E-state index in [0.29, 0.717) is 32.9 Å². The van der Waals surface area contributed by atoms with Crippen LogP contribution in [-0.2, 0) is 0 Å². The number of aromatic amines is 1. The second-order valence-electron chi connectivity index (χ2n) is 4.47. The summed E-state index contributed by atoms with van der Waals surface area (Å²) in [4.78, 5) is 7.72. The Kier molecular flexibility index (Phi) is 3.66. The van der Waals surface area contributed by atoms with Crippen LogP contribution in [0.5, 0.6) is 11.5 Å². The summed E-state index contributed by atoms with van der Waals surface area (Å²) in [5.74, 6) is 2.05. The van der Waals surface area contributed by atoms with Crippen molar-refractivity contribution in [1.29, 1.82) is 0 Å². The molecule has 0 aliphatic heterocycles. The van der Waals surface area contributed by atoms with E-state index in [9.17, 15) is 0 Å². The van der Waals surface area contributed by atoms with E-state index in [0.717, 1.165) is 11.1 Å². The van der Waals surface area contributed by atoms with Gasteiger partial charge in [-0.3, -0.25) is 0 Å². The SMILES string of the molecule is COc1cc(OC)cc(-c2nc3c(Cl)cc(Cl)cc3[nH]2)c1. The largest absolute Gasteiger partial charge is 0.497 e. The predicted molar refractivity (Wildman–Crippen MR) is 84.7 cm³/mol. The number of rotatable bonds is 3. The number of ether oxygens (including phenoxy) is 2. The molecule has 0 spiro atoms. The number of nitrogens with zero attached hydrogens (tertiary/aromatic N) is 1. The van der Waals surface area contributed by atoms with Gasteiger partial charge in [0, 0.05) is 16.7 Å². The van der Waals surface area contributed by atoms with Gasteiger partial charge in [-0.05, 0) is 24.3 Å². The van der Waals surface area contributed by atoms with Gasteiger partial charge in [-0.2, -0.15) is 0 Å². The fourth-order valence-corrected chi connectivity index (χ4v) is 2.66. The van der Waals surface area contributed by atoms with Crippen LogP contribution in [0.3, 0.4) is 0 Å². The van der Waals surface area contributed by atoms with E-state index in [1.165, 1.54) is 0 Å². The molecule has 0 aliphatic rings. The van der Waals surface area contributed by atoms with Gasteiger partial charge in [0.2, 0.25) is 0 Å². The summed E-state index contributed by atoms with van der Waals surface area (Å²) in [7, 11) is 3.21. The summed E-state index contributed by atoms with van der Waals surface area (Å²) in [5, 5.41) is 1.07. The summed E-state index contributed by atoms with van der Waals surface area (Å²) < 4.78 is 10.5. The van der Waals surface area contributed by atoms with Gasteiger partial charge in [0.1, 0.15) is 22.8 Å². The number of nitrogens with one attached hydrogen (secondary N) is 1. The maximum Gasteiger partial charge on any atom is 0.138 e. The monoisotopic (exact) mass is 322 g/mol. The highest BCUT2D eigenvalue weighted by molar-refractivity contribution is 6.38. The number of fused-ring (bicyclic) bond motifs is 1. The topological polar surface area (TPSA) is 47.1 Å². The first-order valence-corrected chi connectivity index (χ1v) is 6.94. The third kappa shape index (κ3) is 2.64. The molecule has 0 aliphatic carbocycles. The van der Waals surface area contributed by atoms with Crippen LogP contribution in [0.25, 0.3) is 22.4 Å². The van der Waals surface area contributed by atoms with Gasteiger partial charge in [0.25, 0.3) is 0 Å². The van der Waals surface area contributed by atoms with Gasteiger partial charge < -0.3 is 14.5 Å². The van der Waals surface area contributed by atoms with Gasteiger partial charge in [-0.1, -0.05) is 23.2 Å². The lowest BCUT2D eigenvalue weighted by atomic mass is 10.2. The normalized spacial score (nSPS) is 10.9. The molecule has 0 saturated carbocycles. The minimum atomic E-state index is 0.509. The molecule has 0 unspecified atom stereocenters. The molecule has 0 bridgehead atoms. The molecule has 0 atom stereocenters. The molecule has 0 fully saturated rings. The molecule has 3 rings (SSSR count). The third-order valence-electron chi connectivity index (χ3n) is 3.13. The van der Waals surface area contributed by atoms with Crippen LogP contribution in [0.15, 0.2) is 30.3 Å². The number of hydrogen-bond donors (Lipinski definition) is 1. The van der Waals surface area contributed by atoms with Crippen LogP contribution in [-0.4, -0.2) is 24.2 Å². The van der Waals surface area contributed by atoms with Crippen LogP contribution in [0.4, 0.5) is 0 Å². The second-order valence-corrected chi connectivity index (χ2v) is 5.31. The van der Waals surface area contributed by atoms with E-state index in [4.69, 9.17) is 32.7 Å². The van der Waals surface area contributed by atoms with Crippen molar-refractivity contribution in [1.82, 2.24) is 9.97 Å². The lowest BCUT2D eigenvalue weighted by molar-refractivity contribution is 0.394. The lowest BCUT2D eigenvalue weighted by Crippen LogP contribution is -1.89.